The summed E-state index contributed by atoms with van der Waals surface area (Å²) in [5, 5.41) is 0. The molecule has 0 aliphatic carbocycles. The lowest BCUT2D eigenvalue weighted by molar-refractivity contribution is -0.141. The molecule has 0 aromatic heterocycles. The highest BCUT2D eigenvalue weighted by atomic mass is 16.5. The van der Waals surface area contributed by atoms with Crippen molar-refractivity contribution in [3.63, 3.8) is 0 Å². The first kappa shape index (κ1) is 17.3. The topological polar surface area (TPSA) is 55.8 Å². The van der Waals surface area contributed by atoms with E-state index in [1.165, 1.54) is 14.2 Å². The fraction of sp³-hybridized carbons (Fsp3) is 0.625. The lowest BCUT2D eigenvalue weighted by Gasteiger charge is -2.29. The van der Waals surface area contributed by atoms with Crippen LogP contribution in [0, 0.1) is 5.92 Å². The maximum absolute atomic E-state index is 12.1. The van der Waals surface area contributed by atoms with Gasteiger partial charge < -0.3 is 14.4 Å². The molecule has 1 aliphatic rings. The van der Waals surface area contributed by atoms with Gasteiger partial charge >= 0.3 is 11.9 Å². The number of nitrogens with zero attached hydrogens (tertiary/aromatic N) is 1. The average Bonchev–Trinajstić information content (AvgIpc) is 2.50. The number of carbonyl (C=O) groups is 2. The molecule has 118 valence electrons. The Kier molecular flexibility index (Phi) is 6.99. The molecule has 0 fully saturated rings. The van der Waals surface area contributed by atoms with Gasteiger partial charge in [0.25, 0.3) is 0 Å². The summed E-state index contributed by atoms with van der Waals surface area (Å²) in [5.41, 5.74) is 0.665. The lowest BCUT2D eigenvalue weighted by Crippen LogP contribution is -2.33. The Morgan fingerprint density at radius 3 is 2.38 bits per heavy atom. The number of ether oxygens (including phenoxy) is 2. The first-order valence-corrected chi connectivity index (χ1v) is 7.42. The number of allylic oxidation sites excluding steroid dienone is 1. The average molecular weight is 295 g/mol. The van der Waals surface area contributed by atoms with Gasteiger partial charge in [-0.15, -0.1) is 0 Å². The molecule has 0 amide bonds. The first-order valence-electron chi connectivity index (χ1n) is 7.42. The predicted molar refractivity (Wildman–Crippen MR) is 80.2 cm³/mol. The van der Waals surface area contributed by atoms with Gasteiger partial charge in [0.2, 0.25) is 0 Å². The highest BCUT2D eigenvalue weighted by Gasteiger charge is 2.32. The summed E-state index contributed by atoms with van der Waals surface area (Å²) in [4.78, 5) is 25.9. The third-order valence-corrected chi connectivity index (χ3v) is 3.59. The first-order chi connectivity index (χ1) is 10.1. The number of esters is 2. The van der Waals surface area contributed by atoms with Crippen LogP contribution in [0.5, 0.6) is 0 Å². The molecule has 0 N–H and O–H groups in total. The fourth-order valence-electron chi connectivity index (χ4n) is 2.39. The molecule has 1 rings (SSSR count). The highest BCUT2D eigenvalue weighted by Crippen LogP contribution is 2.27. The van der Waals surface area contributed by atoms with E-state index in [1.54, 1.807) is 4.90 Å². The van der Waals surface area contributed by atoms with Gasteiger partial charge in [-0.25, -0.2) is 9.59 Å². The number of hydrogen-bond donors (Lipinski definition) is 0. The molecule has 0 unspecified atom stereocenters. The van der Waals surface area contributed by atoms with Gasteiger partial charge in [-0.3, -0.25) is 0 Å². The van der Waals surface area contributed by atoms with E-state index in [2.05, 4.69) is 6.92 Å². The number of rotatable bonds is 7. The molecular formula is C16H25NO4. The van der Waals surface area contributed by atoms with Crippen molar-refractivity contribution in [2.45, 2.75) is 39.5 Å². The van der Waals surface area contributed by atoms with E-state index in [1.807, 2.05) is 19.2 Å². The summed E-state index contributed by atoms with van der Waals surface area (Å²) in [5.74, 6) is -1.15. The smallest absolute Gasteiger partial charge is 0.355 e. The van der Waals surface area contributed by atoms with Crippen LogP contribution >= 0.6 is 0 Å². The van der Waals surface area contributed by atoms with Crippen molar-refractivity contribution in [1.82, 2.24) is 4.90 Å². The van der Waals surface area contributed by atoms with Crippen LogP contribution in [0.15, 0.2) is 23.5 Å². The Balaban J connectivity index is 3.00. The van der Waals surface area contributed by atoms with E-state index in [4.69, 9.17) is 9.47 Å². The van der Waals surface area contributed by atoms with Crippen LogP contribution in [0.25, 0.3) is 0 Å². The zero-order chi connectivity index (χ0) is 15.8. The molecular weight excluding hydrogens is 270 g/mol. The normalized spacial score (nSPS) is 17.9. The van der Waals surface area contributed by atoms with Crippen LogP contribution in [0.4, 0.5) is 0 Å². The monoisotopic (exact) mass is 295 g/mol. The Morgan fingerprint density at radius 2 is 1.81 bits per heavy atom. The quantitative estimate of drug-likeness (QED) is 0.534. The Bertz CT molecular complexity index is 440. The summed E-state index contributed by atoms with van der Waals surface area (Å²) >= 11 is 0. The second-order valence-corrected chi connectivity index (χ2v) is 5.13. The molecule has 0 radical (unpaired) electrons. The molecule has 0 bridgehead atoms. The lowest BCUT2D eigenvalue weighted by atomic mass is 9.95. The minimum absolute atomic E-state index is 0.168. The zero-order valence-electron chi connectivity index (χ0n) is 13.3. The summed E-state index contributed by atoms with van der Waals surface area (Å²) in [7, 11) is 2.64. The zero-order valence-corrected chi connectivity index (χ0v) is 13.3. The highest BCUT2D eigenvalue weighted by molar-refractivity contribution is 6.01. The molecule has 0 aromatic carbocycles. The predicted octanol–water partition coefficient (Wildman–Crippen LogP) is 2.63. The van der Waals surface area contributed by atoms with Gasteiger partial charge in [0, 0.05) is 18.7 Å². The molecule has 5 nitrogen and oxygen atoms in total. The van der Waals surface area contributed by atoms with Crippen LogP contribution < -0.4 is 0 Å². The number of unbranched alkanes of at least 4 members (excludes halogenated alkanes) is 3. The maximum Gasteiger partial charge on any atom is 0.355 e. The van der Waals surface area contributed by atoms with E-state index >= 15 is 0 Å². The van der Waals surface area contributed by atoms with Crippen LogP contribution in [-0.2, 0) is 19.1 Å². The second-order valence-electron chi connectivity index (χ2n) is 5.13. The Labute approximate surface area is 126 Å². The molecule has 0 saturated heterocycles. The van der Waals surface area contributed by atoms with Gasteiger partial charge in [-0.1, -0.05) is 39.2 Å². The number of methoxy groups -OCH3 is 2. The van der Waals surface area contributed by atoms with Gasteiger partial charge in [0.05, 0.1) is 19.8 Å². The molecule has 1 atom stereocenters. The summed E-state index contributed by atoms with van der Waals surface area (Å²) in [6.45, 7) is 4.70. The third-order valence-electron chi connectivity index (χ3n) is 3.59. The van der Waals surface area contributed by atoms with Gasteiger partial charge in [-0.05, 0) is 6.42 Å². The molecule has 0 spiro atoms. The van der Waals surface area contributed by atoms with Crippen LogP contribution in [-0.4, -0.2) is 37.6 Å². The van der Waals surface area contributed by atoms with Crippen molar-refractivity contribution < 1.29 is 19.1 Å². The SMILES string of the molecule is CCCCCCN1C=C[C@H](C)C(C(=O)OC)=C1C(=O)OC. The molecule has 0 aromatic rings. The summed E-state index contributed by atoms with van der Waals surface area (Å²) < 4.78 is 9.65. The van der Waals surface area contributed by atoms with E-state index in [0.29, 0.717) is 17.8 Å². The fourth-order valence-corrected chi connectivity index (χ4v) is 2.39. The molecule has 1 heterocycles. The second kappa shape index (κ2) is 8.49. The third kappa shape index (κ3) is 4.34. The van der Waals surface area contributed by atoms with Crippen LogP contribution in [0.2, 0.25) is 0 Å². The van der Waals surface area contributed by atoms with Crippen molar-refractivity contribution in [3.05, 3.63) is 23.5 Å². The number of carbonyl (C=O) groups excluding carboxylic acids is 2. The van der Waals surface area contributed by atoms with E-state index in [0.717, 1.165) is 25.7 Å². The standard InChI is InChI=1S/C16H25NO4/c1-5-6-7-8-10-17-11-9-12(2)13(15(18)20-3)14(17)16(19)21-4/h9,11-12H,5-8,10H2,1-4H3/t12-/m0/s1. The minimum Gasteiger partial charge on any atom is -0.466 e. The van der Waals surface area contributed by atoms with E-state index < -0.39 is 11.9 Å². The van der Waals surface area contributed by atoms with Crippen molar-refractivity contribution in [2.24, 2.45) is 5.92 Å². The maximum atomic E-state index is 12.1. The van der Waals surface area contributed by atoms with E-state index in [9.17, 15) is 9.59 Å². The van der Waals surface area contributed by atoms with Gasteiger partial charge in [0.1, 0.15) is 5.70 Å². The number of hydrogen-bond acceptors (Lipinski definition) is 5. The van der Waals surface area contributed by atoms with Crippen molar-refractivity contribution in [2.75, 3.05) is 20.8 Å². The van der Waals surface area contributed by atoms with E-state index in [-0.39, 0.29) is 5.92 Å². The Hall–Kier alpha value is -1.78. The summed E-state index contributed by atoms with van der Waals surface area (Å²) in [6.07, 6.45) is 8.13. The van der Waals surface area contributed by atoms with Gasteiger partial charge in [-0.2, -0.15) is 0 Å². The molecule has 1 aliphatic heterocycles. The molecule has 5 heteroatoms. The van der Waals surface area contributed by atoms with Crippen molar-refractivity contribution in [1.29, 1.82) is 0 Å². The largest absolute Gasteiger partial charge is 0.466 e. The van der Waals surface area contributed by atoms with Gasteiger partial charge in [0.15, 0.2) is 0 Å². The van der Waals surface area contributed by atoms with Crippen molar-refractivity contribution in [3.8, 4) is 0 Å². The van der Waals surface area contributed by atoms with Crippen LogP contribution in [0.3, 0.4) is 0 Å². The van der Waals surface area contributed by atoms with Crippen molar-refractivity contribution >= 4 is 11.9 Å². The minimum atomic E-state index is -0.498. The molecule has 21 heavy (non-hydrogen) atoms. The Morgan fingerprint density at radius 1 is 1.14 bits per heavy atom. The summed E-state index contributed by atoms with van der Waals surface area (Å²) in [6, 6.07) is 0. The van der Waals surface area contributed by atoms with Crippen LogP contribution in [0.1, 0.15) is 39.5 Å². The molecule has 0 saturated carbocycles.